The molecule has 1 fully saturated rings. The summed E-state index contributed by atoms with van der Waals surface area (Å²) >= 11 is 0. The number of hydrogen-bond acceptors (Lipinski definition) is 1. The average Bonchev–Trinajstić information content (AvgIpc) is 2.12. The van der Waals surface area contributed by atoms with E-state index in [9.17, 15) is 4.79 Å². The molecule has 1 aliphatic carbocycles. The molecule has 0 aliphatic heterocycles. The average molecular weight is 168 g/mol. The van der Waals surface area contributed by atoms with Crippen LogP contribution in [-0.4, -0.2) is 11.4 Å². The quantitative estimate of drug-likeness (QED) is 0.596. The van der Waals surface area contributed by atoms with Crippen LogP contribution in [0.15, 0.2) is 0 Å². The number of carbonyl (C=O) groups is 1. The molecule has 1 radical (unpaired) electrons. The molecule has 1 saturated carbocycles. The van der Waals surface area contributed by atoms with Gasteiger partial charge in [0.1, 0.15) is 0 Å². The Morgan fingerprint density at radius 2 is 1.75 bits per heavy atom. The fraction of sp³-hybridized carbons (Fsp3) is 0.800. The van der Waals surface area contributed by atoms with Crippen molar-refractivity contribution in [2.45, 2.75) is 51.0 Å². The molecule has 0 aromatic carbocycles. The van der Waals surface area contributed by atoms with Gasteiger partial charge in [-0.25, -0.2) is 0 Å². The third-order valence-electron chi connectivity index (χ3n) is 2.50. The van der Waals surface area contributed by atoms with Gasteiger partial charge in [0.15, 0.2) is 0 Å². The first-order valence-electron chi connectivity index (χ1n) is 4.76. The van der Waals surface area contributed by atoms with E-state index in [1.807, 2.05) is 0 Å². The molecule has 2 nitrogen and oxygen atoms in total. The van der Waals surface area contributed by atoms with Gasteiger partial charge in [0.25, 0.3) is 0 Å². The minimum atomic E-state index is -0.164. The lowest BCUT2D eigenvalue weighted by Crippen LogP contribution is -2.44. The molecule has 0 heterocycles. The lowest BCUT2D eigenvalue weighted by Gasteiger charge is -2.28. The molecule has 1 N–H and O–H groups in total. The van der Waals surface area contributed by atoms with E-state index in [0.29, 0.717) is 0 Å². The summed E-state index contributed by atoms with van der Waals surface area (Å²) in [6, 6.07) is 0. The number of hydrogen-bond donors (Lipinski definition) is 1. The summed E-state index contributed by atoms with van der Waals surface area (Å²) in [5.41, 5.74) is -0.164. The van der Waals surface area contributed by atoms with Crippen LogP contribution in [-0.2, 0) is 4.79 Å². The van der Waals surface area contributed by atoms with Crippen molar-refractivity contribution in [2.75, 3.05) is 0 Å². The fourth-order valence-corrected chi connectivity index (χ4v) is 1.90. The molecule has 0 bridgehead atoms. The Balaban J connectivity index is 2.48. The largest absolute Gasteiger partial charge is 0.351 e. The molecule has 12 heavy (non-hydrogen) atoms. The van der Waals surface area contributed by atoms with E-state index in [-0.39, 0.29) is 11.4 Å². The third-order valence-corrected chi connectivity index (χ3v) is 2.50. The van der Waals surface area contributed by atoms with E-state index in [1.54, 1.807) is 6.92 Å². The summed E-state index contributed by atoms with van der Waals surface area (Å²) in [7, 11) is 0. The lowest BCUT2D eigenvalue weighted by molar-refractivity contribution is -0.120. The van der Waals surface area contributed by atoms with Crippen LogP contribution in [0.25, 0.3) is 0 Å². The first-order valence-corrected chi connectivity index (χ1v) is 4.76. The van der Waals surface area contributed by atoms with E-state index in [0.717, 1.165) is 12.8 Å². The van der Waals surface area contributed by atoms with Gasteiger partial charge in [0, 0.05) is 12.5 Å². The second kappa shape index (κ2) is 3.92. The van der Waals surface area contributed by atoms with Gasteiger partial charge < -0.3 is 5.32 Å². The normalized spacial score (nSPS) is 22.8. The monoisotopic (exact) mass is 168 g/mol. The lowest BCUT2D eigenvalue weighted by atomic mass is 9.93. The standard InChI is InChI=1S/C10H18NO/c1-9(12)11-10(2)7-5-3-4-6-8-10/h2-8H2,1H3,(H,11,12). The molecule has 0 unspecified atom stereocenters. The molecule has 0 aromatic rings. The van der Waals surface area contributed by atoms with Gasteiger partial charge in [-0.2, -0.15) is 0 Å². The summed E-state index contributed by atoms with van der Waals surface area (Å²) in [6.45, 7) is 5.66. The molecule has 1 rings (SSSR count). The smallest absolute Gasteiger partial charge is 0.217 e. The van der Waals surface area contributed by atoms with Crippen LogP contribution in [0.4, 0.5) is 0 Å². The molecule has 2 heteroatoms. The summed E-state index contributed by atoms with van der Waals surface area (Å²) in [5.74, 6) is 0.0481. The van der Waals surface area contributed by atoms with Gasteiger partial charge in [-0.15, -0.1) is 0 Å². The number of amides is 1. The molecule has 0 aromatic heterocycles. The minimum Gasteiger partial charge on any atom is -0.351 e. The highest BCUT2D eigenvalue weighted by Crippen LogP contribution is 2.25. The first-order chi connectivity index (χ1) is 5.62. The second-order valence-corrected chi connectivity index (χ2v) is 3.88. The Bertz CT molecular complexity index is 157. The van der Waals surface area contributed by atoms with Crippen LogP contribution in [0.3, 0.4) is 0 Å². The van der Waals surface area contributed by atoms with Crippen LogP contribution in [0.1, 0.15) is 45.4 Å². The van der Waals surface area contributed by atoms with Crippen molar-refractivity contribution < 1.29 is 4.79 Å². The van der Waals surface area contributed by atoms with Gasteiger partial charge >= 0.3 is 0 Å². The molecular formula is C10H18NO. The van der Waals surface area contributed by atoms with Crippen LogP contribution in [0.2, 0.25) is 0 Å². The van der Waals surface area contributed by atoms with Gasteiger partial charge in [0.2, 0.25) is 5.91 Å². The van der Waals surface area contributed by atoms with Crippen molar-refractivity contribution in [3.8, 4) is 0 Å². The van der Waals surface area contributed by atoms with Crippen LogP contribution in [0, 0.1) is 6.92 Å². The van der Waals surface area contributed by atoms with Crippen LogP contribution in [0.5, 0.6) is 0 Å². The summed E-state index contributed by atoms with van der Waals surface area (Å²) in [5, 5.41) is 2.95. The molecule has 1 amide bonds. The van der Waals surface area contributed by atoms with Crippen molar-refractivity contribution >= 4 is 5.91 Å². The maximum atomic E-state index is 10.9. The van der Waals surface area contributed by atoms with E-state index in [4.69, 9.17) is 0 Å². The molecular weight excluding hydrogens is 150 g/mol. The highest BCUT2D eigenvalue weighted by atomic mass is 16.1. The molecule has 1 aliphatic rings. The maximum absolute atomic E-state index is 10.9. The fourth-order valence-electron chi connectivity index (χ4n) is 1.90. The van der Waals surface area contributed by atoms with Gasteiger partial charge in [0.05, 0.1) is 0 Å². The predicted molar refractivity (Wildman–Crippen MR) is 49.6 cm³/mol. The Morgan fingerprint density at radius 1 is 1.25 bits per heavy atom. The van der Waals surface area contributed by atoms with Crippen molar-refractivity contribution in [3.63, 3.8) is 0 Å². The Morgan fingerprint density at radius 3 is 2.17 bits per heavy atom. The number of rotatable bonds is 1. The zero-order valence-electron chi connectivity index (χ0n) is 7.86. The predicted octanol–water partition coefficient (Wildman–Crippen LogP) is 2.05. The highest BCUT2D eigenvalue weighted by Gasteiger charge is 2.25. The zero-order chi connectivity index (χ0) is 9.03. The first kappa shape index (κ1) is 9.56. The van der Waals surface area contributed by atoms with Gasteiger partial charge in [-0.05, 0) is 19.8 Å². The van der Waals surface area contributed by atoms with Gasteiger partial charge in [-0.1, -0.05) is 25.7 Å². The molecule has 69 valence electrons. The third kappa shape index (κ3) is 2.84. The highest BCUT2D eigenvalue weighted by molar-refractivity contribution is 5.73. The van der Waals surface area contributed by atoms with Crippen molar-refractivity contribution in [3.05, 3.63) is 6.92 Å². The molecule has 0 spiro atoms. The summed E-state index contributed by atoms with van der Waals surface area (Å²) in [4.78, 5) is 10.9. The Labute approximate surface area is 74.7 Å². The molecule has 0 saturated heterocycles. The maximum Gasteiger partial charge on any atom is 0.217 e. The number of nitrogens with one attached hydrogen (secondary N) is 1. The Kier molecular flexibility index (Phi) is 3.12. The van der Waals surface area contributed by atoms with Crippen LogP contribution < -0.4 is 5.32 Å². The van der Waals surface area contributed by atoms with E-state index >= 15 is 0 Å². The van der Waals surface area contributed by atoms with Crippen molar-refractivity contribution in [1.29, 1.82) is 0 Å². The van der Waals surface area contributed by atoms with Crippen molar-refractivity contribution in [2.24, 2.45) is 0 Å². The van der Waals surface area contributed by atoms with Crippen LogP contribution >= 0.6 is 0 Å². The summed E-state index contributed by atoms with van der Waals surface area (Å²) < 4.78 is 0. The van der Waals surface area contributed by atoms with Crippen molar-refractivity contribution in [1.82, 2.24) is 5.32 Å². The van der Waals surface area contributed by atoms with Gasteiger partial charge in [-0.3, -0.25) is 4.79 Å². The minimum absolute atomic E-state index is 0.0481. The molecule has 0 atom stereocenters. The SMILES string of the molecule is [CH2]C1(NC(C)=O)CCCCCC1. The number of carbonyl (C=O) groups excluding carboxylic acids is 1. The van der Waals surface area contributed by atoms with E-state index < -0.39 is 0 Å². The van der Waals surface area contributed by atoms with E-state index in [1.165, 1.54) is 25.7 Å². The topological polar surface area (TPSA) is 29.1 Å². The second-order valence-electron chi connectivity index (χ2n) is 3.88. The summed E-state index contributed by atoms with van der Waals surface area (Å²) in [6.07, 6.45) is 7.04. The zero-order valence-corrected chi connectivity index (χ0v) is 7.86. The Hall–Kier alpha value is -0.530. The van der Waals surface area contributed by atoms with E-state index in [2.05, 4.69) is 12.2 Å².